The molecule has 1 aromatic heterocycles. The summed E-state index contributed by atoms with van der Waals surface area (Å²) in [6.45, 7) is 0. The first-order valence-corrected chi connectivity index (χ1v) is 5.72. The number of aliphatic hydroxyl groups is 2. The van der Waals surface area contributed by atoms with Crippen LogP contribution in [-0.4, -0.2) is 27.2 Å². The van der Waals surface area contributed by atoms with Crippen LogP contribution in [0.25, 0.3) is 10.9 Å². The maximum absolute atomic E-state index is 10.8. The number of primary amides is 1. The number of amides is 1. The lowest BCUT2D eigenvalue weighted by atomic mass is 10.0. The molecule has 2 unspecified atom stereocenters. The predicted molar refractivity (Wildman–Crippen MR) is 66.2 cm³/mol. The van der Waals surface area contributed by atoms with E-state index in [0.29, 0.717) is 5.56 Å². The topological polar surface area (TPSA) is 99.3 Å². The molecule has 2 atom stereocenters. The molecule has 0 aliphatic carbocycles. The van der Waals surface area contributed by atoms with Gasteiger partial charge in [0.15, 0.2) is 6.10 Å². The van der Waals surface area contributed by atoms with Gasteiger partial charge < -0.3 is 20.9 Å². The fourth-order valence-electron chi connectivity index (χ4n) is 1.68. The third kappa shape index (κ3) is 2.19. The van der Waals surface area contributed by atoms with Crippen LogP contribution in [0.5, 0.6) is 0 Å². The molecule has 17 heavy (non-hydrogen) atoms. The van der Waals surface area contributed by atoms with Crippen molar-refractivity contribution in [3.63, 3.8) is 0 Å². The van der Waals surface area contributed by atoms with Gasteiger partial charge in [0.05, 0.1) is 0 Å². The number of hydrogen-bond donors (Lipinski definition) is 4. The van der Waals surface area contributed by atoms with E-state index in [1.54, 1.807) is 12.3 Å². The zero-order valence-corrected chi connectivity index (χ0v) is 10.3. The number of aliphatic hydroxyl groups excluding tert-OH is 2. The standard InChI is InChI=1S/C11H11BrN2O3/c12-5-1-2-8-6(3-5)7(4-14-8)9(15)10(16)11(13)17/h1-4,9-10,14-16H,(H2,13,17). The molecule has 1 aromatic carbocycles. The summed E-state index contributed by atoms with van der Waals surface area (Å²) in [5, 5.41) is 20.0. The van der Waals surface area contributed by atoms with Gasteiger partial charge in [-0.15, -0.1) is 0 Å². The van der Waals surface area contributed by atoms with Gasteiger partial charge in [0.2, 0.25) is 5.91 Å². The van der Waals surface area contributed by atoms with Gasteiger partial charge in [-0.3, -0.25) is 4.79 Å². The van der Waals surface area contributed by atoms with E-state index in [1.807, 2.05) is 12.1 Å². The molecule has 0 spiro atoms. The molecule has 5 N–H and O–H groups in total. The van der Waals surface area contributed by atoms with Gasteiger partial charge in [-0.05, 0) is 18.2 Å². The Kier molecular flexibility index (Phi) is 3.19. The number of benzene rings is 1. The quantitative estimate of drug-likeness (QED) is 0.675. The minimum absolute atomic E-state index is 0.438. The van der Waals surface area contributed by atoms with Crippen LogP contribution in [0, 0.1) is 0 Å². The minimum Gasteiger partial charge on any atom is -0.385 e. The van der Waals surface area contributed by atoms with Gasteiger partial charge in [0, 0.05) is 27.1 Å². The molecule has 2 rings (SSSR count). The Balaban J connectivity index is 2.48. The molecule has 90 valence electrons. The molecule has 1 heterocycles. The molecule has 6 heteroatoms. The van der Waals surface area contributed by atoms with Crippen molar-refractivity contribution in [2.75, 3.05) is 0 Å². The summed E-state index contributed by atoms with van der Waals surface area (Å²) in [6, 6.07) is 5.46. The molecule has 0 bridgehead atoms. The number of nitrogens with two attached hydrogens (primary N) is 1. The molecule has 0 aliphatic rings. The van der Waals surface area contributed by atoms with Gasteiger partial charge in [0.25, 0.3) is 0 Å². The Hall–Kier alpha value is -1.37. The third-order valence-electron chi connectivity index (χ3n) is 2.59. The number of aromatic amines is 1. The SMILES string of the molecule is NC(=O)C(O)C(O)c1c[nH]c2ccc(Br)cc12. The molecule has 2 aromatic rings. The van der Waals surface area contributed by atoms with Crippen LogP contribution in [0.1, 0.15) is 11.7 Å². The summed E-state index contributed by atoms with van der Waals surface area (Å²) in [6.07, 6.45) is -1.41. The van der Waals surface area contributed by atoms with Gasteiger partial charge >= 0.3 is 0 Å². The predicted octanol–water partition coefficient (Wildman–Crippen LogP) is 0.810. The maximum atomic E-state index is 10.8. The monoisotopic (exact) mass is 298 g/mol. The van der Waals surface area contributed by atoms with Gasteiger partial charge in [-0.2, -0.15) is 0 Å². The Bertz CT molecular complexity index is 567. The van der Waals surface area contributed by atoms with Crippen molar-refractivity contribution in [2.45, 2.75) is 12.2 Å². The number of fused-ring (bicyclic) bond motifs is 1. The molecule has 0 saturated carbocycles. The number of rotatable bonds is 3. The molecule has 0 saturated heterocycles. The summed E-state index contributed by atoms with van der Waals surface area (Å²) < 4.78 is 0.839. The fraction of sp³-hybridized carbons (Fsp3) is 0.182. The van der Waals surface area contributed by atoms with Crippen LogP contribution in [0.3, 0.4) is 0 Å². The molecular weight excluding hydrogens is 288 g/mol. The number of carbonyl (C=O) groups excluding carboxylic acids is 1. The van der Waals surface area contributed by atoms with E-state index in [4.69, 9.17) is 5.73 Å². The lowest BCUT2D eigenvalue weighted by Gasteiger charge is -2.13. The highest BCUT2D eigenvalue weighted by molar-refractivity contribution is 9.10. The number of carbonyl (C=O) groups is 1. The lowest BCUT2D eigenvalue weighted by Crippen LogP contribution is -2.33. The van der Waals surface area contributed by atoms with E-state index in [-0.39, 0.29) is 0 Å². The second-order valence-electron chi connectivity index (χ2n) is 3.73. The van der Waals surface area contributed by atoms with Crippen molar-refractivity contribution in [3.05, 3.63) is 34.4 Å². The normalized spacial score (nSPS) is 14.8. The van der Waals surface area contributed by atoms with Crippen molar-refractivity contribution < 1.29 is 15.0 Å². The van der Waals surface area contributed by atoms with Crippen molar-refractivity contribution >= 4 is 32.7 Å². The summed E-state index contributed by atoms with van der Waals surface area (Å²) in [7, 11) is 0. The highest BCUT2D eigenvalue weighted by atomic mass is 79.9. The van der Waals surface area contributed by atoms with Crippen LogP contribution < -0.4 is 5.73 Å². The number of hydrogen-bond acceptors (Lipinski definition) is 3. The van der Waals surface area contributed by atoms with Gasteiger partial charge in [-0.25, -0.2) is 0 Å². The Morgan fingerprint density at radius 1 is 1.41 bits per heavy atom. The van der Waals surface area contributed by atoms with Gasteiger partial charge in [-0.1, -0.05) is 15.9 Å². The van der Waals surface area contributed by atoms with Crippen molar-refractivity contribution in [1.29, 1.82) is 0 Å². The summed E-state index contributed by atoms with van der Waals surface area (Å²) >= 11 is 3.32. The van der Waals surface area contributed by atoms with Crippen molar-refractivity contribution in [1.82, 2.24) is 4.98 Å². The van der Waals surface area contributed by atoms with Crippen LogP contribution >= 0.6 is 15.9 Å². The second kappa shape index (κ2) is 4.48. The van der Waals surface area contributed by atoms with Crippen molar-refractivity contribution in [2.24, 2.45) is 5.73 Å². The fourth-order valence-corrected chi connectivity index (χ4v) is 2.05. The molecule has 5 nitrogen and oxygen atoms in total. The Morgan fingerprint density at radius 2 is 2.12 bits per heavy atom. The highest BCUT2D eigenvalue weighted by Crippen LogP contribution is 2.28. The average molecular weight is 299 g/mol. The van der Waals surface area contributed by atoms with E-state index >= 15 is 0 Å². The van der Waals surface area contributed by atoms with E-state index in [2.05, 4.69) is 20.9 Å². The smallest absolute Gasteiger partial charge is 0.249 e. The van der Waals surface area contributed by atoms with E-state index in [0.717, 1.165) is 15.4 Å². The first kappa shape index (κ1) is 12.1. The molecule has 0 aliphatic heterocycles. The number of H-pyrrole nitrogens is 1. The molecular formula is C11H11BrN2O3. The van der Waals surface area contributed by atoms with Crippen LogP contribution in [0.15, 0.2) is 28.9 Å². The zero-order chi connectivity index (χ0) is 12.6. The number of nitrogens with one attached hydrogen (secondary N) is 1. The first-order chi connectivity index (χ1) is 8.00. The van der Waals surface area contributed by atoms with Crippen LogP contribution in [-0.2, 0) is 4.79 Å². The zero-order valence-electron chi connectivity index (χ0n) is 8.72. The second-order valence-corrected chi connectivity index (χ2v) is 4.64. The third-order valence-corrected chi connectivity index (χ3v) is 3.08. The molecule has 0 radical (unpaired) electrons. The summed E-state index contributed by atoms with van der Waals surface area (Å²) in [4.78, 5) is 13.8. The Morgan fingerprint density at radius 3 is 2.76 bits per heavy atom. The van der Waals surface area contributed by atoms with E-state index in [9.17, 15) is 15.0 Å². The number of aromatic nitrogens is 1. The largest absolute Gasteiger partial charge is 0.385 e. The average Bonchev–Trinajstić information content (AvgIpc) is 2.69. The molecule has 0 fully saturated rings. The van der Waals surface area contributed by atoms with Crippen molar-refractivity contribution in [3.8, 4) is 0 Å². The first-order valence-electron chi connectivity index (χ1n) is 4.92. The lowest BCUT2D eigenvalue weighted by molar-refractivity contribution is -0.131. The maximum Gasteiger partial charge on any atom is 0.249 e. The summed E-state index contributed by atoms with van der Waals surface area (Å²) in [5.41, 5.74) is 6.19. The summed E-state index contributed by atoms with van der Waals surface area (Å²) in [5.74, 6) is -0.957. The Labute approximate surface area is 105 Å². The van der Waals surface area contributed by atoms with E-state index in [1.165, 1.54) is 0 Å². The van der Waals surface area contributed by atoms with E-state index < -0.39 is 18.1 Å². The highest BCUT2D eigenvalue weighted by Gasteiger charge is 2.25. The van der Waals surface area contributed by atoms with Crippen LogP contribution in [0.2, 0.25) is 0 Å². The van der Waals surface area contributed by atoms with Gasteiger partial charge in [0.1, 0.15) is 6.10 Å². The molecule has 1 amide bonds. The number of halogens is 1. The minimum atomic E-state index is -1.62. The van der Waals surface area contributed by atoms with Crippen LogP contribution in [0.4, 0.5) is 0 Å².